The molecule has 21 heavy (non-hydrogen) atoms. The van der Waals surface area contributed by atoms with E-state index in [0.717, 1.165) is 0 Å². The molecule has 1 aromatic carbocycles. The van der Waals surface area contributed by atoms with Gasteiger partial charge in [-0.05, 0) is 23.6 Å². The molecule has 7 heteroatoms. The summed E-state index contributed by atoms with van der Waals surface area (Å²) < 4.78 is 27.3. The van der Waals surface area contributed by atoms with Gasteiger partial charge < -0.3 is 4.90 Å². The van der Waals surface area contributed by atoms with Crippen molar-refractivity contribution >= 4 is 27.3 Å². The first-order valence-electron chi connectivity index (χ1n) is 6.24. The number of carbonyl (C=O) groups excluding carboxylic acids is 1. The number of likely N-dealkylation sites (N-methyl/N-ethyl adjacent to an activating group) is 1. The van der Waals surface area contributed by atoms with E-state index in [1.807, 2.05) is 5.38 Å². The molecule has 0 aliphatic rings. The smallest absolute Gasteiger partial charge is 0.245 e. The lowest BCUT2D eigenvalue weighted by Gasteiger charge is -2.20. The zero-order chi connectivity index (χ0) is 15.5. The number of hydrogen-bond acceptors (Lipinski definition) is 4. The molecule has 1 N–H and O–H groups in total. The molecule has 2 aromatic rings. The molecule has 0 spiro atoms. The van der Waals surface area contributed by atoms with Gasteiger partial charge in [-0.1, -0.05) is 24.3 Å². The fourth-order valence-electron chi connectivity index (χ4n) is 1.77. The molecular weight excluding hydrogens is 308 g/mol. The average Bonchev–Trinajstić information content (AvgIpc) is 2.99. The Balaban J connectivity index is 2.34. The molecule has 0 saturated heterocycles. The summed E-state index contributed by atoms with van der Waals surface area (Å²) in [6.07, 6.45) is 0. The van der Waals surface area contributed by atoms with Gasteiger partial charge in [-0.2, -0.15) is 4.72 Å². The second kappa shape index (κ2) is 6.38. The largest absolute Gasteiger partial charge is 0.347 e. The van der Waals surface area contributed by atoms with Crippen molar-refractivity contribution in [2.45, 2.75) is 10.9 Å². The van der Waals surface area contributed by atoms with Gasteiger partial charge >= 0.3 is 0 Å². The number of carbonyl (C=O) groups is 1. The van der Waals surface area contributed by atoms with Crippen LogP contribution in [0, 0.1) is 0 Å². The topological polar surface area (TPSA) is 66.5 Å². The van der Waals surface area contributed by atoms with E-state index in [9.17, 15) is 13.2 Å². The van der Waals surface area contributed by atoms with E-state index in [0.29, 0.717) is 4.88 Å². The van der Waals surface area contributed by atoms with E-state index in [1.165, 1.54) is 28.4 Å². The van der Waals surface area contributed by atoms with Crippen molar-refractivity contribution in [2.24, 2.45) is 0 Å². The van der Waals surface area contributed by atoms with Crippen molar-refractivity contribution in [1.82, 2.24) is 9.62 Å². The lowest BCUT2D eigenvalue weighted by molar-refractivity contribution is -0.130. The van der Waals surface area contributed by atoms with Crippen LogP contribution in [0.5, 0.6) is 0 Å². The van der Waals surface area contributed by atoms with Gasteiger partial charge in [0.2, 0.25) is 15.9 Å². The second-order valence-corrected chi connectivity index (χ2v) is 7.31. The van der Waals surface area contributed by atoms with Gasteiger partial charge in [-0.15, -0.1) is 11.3 Å². The van der Waals surface area contributed by atoms with Gasteiger partial charge in [0.15, 0.2) is 0 Å². The Morgan fingerprint density at radius 3 is 2.33 bits per heavy atom. The van der Waals surface area contributed by atoms with Crippen molar-refractivity contribution in [2.75, 3.05) is 14.1 Å². The molecule has 1 aromatic heterocycles. The highest BCUT2D eigenvalue weighted by atomic mass is 32.2. The van der Waals surface area contributed by atoms with Crippen molar-refractivity contribution in [3.63, 3.8) is 0 Å². The molecule has 0 bridgehead atoms. The zero-order valence-corrected chi connectivity index (χ0v) is 13.3. The molecule has 1 amide bonds. The van der Waals surface area contributed by atoms with Crippen LogP contribution in [-0.2, 0) is 14.8 Å². The van der Waals surface area contributed by atoms with Gasteiger partial charge in [0, 0.05) is 19.0 Å². The standard InChI is InChI=1S/C14H16N2O3S2/c1-16(2)14(17)13(12-9-6-10-20-12)15-21(18,19)11-7-4-3-5-8-11/h3-10,13,15H,1-2H3. The number of benzene rings is 1. The van der Waals surface area contributed by atoms with Crippen LogP contribution >= 0.6 is 11.3 Å². The average molecular weight is 324 g/mol. The summed E-state index contributed by atoms with van der Waals surface area (Å²) in [5.41, 5.74) is 0. The van der Waals surface area contributed by atoms with Gasteiger partial charge in [-0.25, -0.2) is 8.42 Å². The highest BCUT2D eigenvalue weighted by molar-refractivity contribution is 7.89. The molecule has 1 unspecified atom stereocenters. The monoisotopic (exact) mass is 324 g/mol. The van der Waals surface area contributed by atoms with Crippen molar-refractivity contribution < 1.29 is 13.2 Å². The van der Waals surface area contributed by atoms with Crippen LogP contribution in [0.4, 0.5) is 0 Å². The van der Waals surface area contributed by atoms with Crippen LogP contribution in [0.3, 0.4) is 0 Å². The maximum Gasteiger partial charge on any atom is 0.245 e. The molecular formula is C14H16N2O3S2. The third kappa shape index (κ3) is 3.69. The lowest BCUT2D eigenvalue weighted by Crippen LogP contribution is -2.39. The van der Waals surface area contributed by atoms with E-state index < -0.39 is 16.1 Å². The zero-order valence-electron chi connectivity index (χ0n) is 11.7. The molecule has 1 heterocycles. The summed E-state index contributed by atoms with van der Waals surface area (Å²) in [7, 11) is -0.561. The first-order valence-corrected chi connectivity index (χ1v) is 8.60. The van der Waals surface area contributed by atoms with Gasteiger partial charge in [-0.3, -0.25) is 4.79 Å². The summed E-state index contributed by atoms with van der Waals surface area (Å²) in [4.78, 5) is 14.4. The molecule has 0 saturated carbocycles. The molecule has 0 aliphatic carbocycles. The Kier molecular flexibility index (Phi) is 4.76. The predicted molar refractivity (Wildman–Crippen MR) is 82.5 cm³/mol. The fraction of sp³-hybridized carbons (Fsp3) is 0.214. The lowest BCUT2D eigenvalue weighted by atomic mass is 10.2. The van der Waals surface area contributed by atoms with Crippen LogP contribution in [0.15, 0.2) is 52.7 Å². The maximum absolute atomic E-state index is 12.4. The van der Waals surface area contributed by atoms with Gasteiger partial charge in [0.05, 0.1) is 4.90 Å². The van der Waals surface area contributed by atoms with E-state index >= 15 is 0 Å². The molecule has 1 atom stereocenters. The number of thiophene rings is 1. The Morgan fingerprint density at radius 1 is 1.14 bits per heavy atom. The quantitative estimate of drug-likeness (QED) is 0.913. The van der Waals surface area contributed by atoms with E-state index in [1.54, 1.807) is 44.4 Å². The van der Waals surface area contributed by atoms with Crippen LogP contribution in [-0.4, -0.2) is 33.3 Å². The normalized spacial score (nSPS) is 12.9. The predicted octanol–water partition coefficient (Wildman–Crippen LogP) is 1.86. The third-order valence-corrected chi connectivity index (χ3v) is 5.22. The summed E-state index contributed by atoms with van der Waals surface area (Å²) >= 11 is 1.34. The highest BCUT2D eigenvalue weighted by Crippen LogP contribution is 2.23. The summed E-state index contributed by atoms with van der Waals surface area (Å²) in [5, 5.41) is 1.81. The Hall–Kier alpha value is -1.70. The minimum Gasteiger partial charge on any atom is -0.347 e. The molecule has 0 fully saturated rings. The molecule has 112 valence electrons. The number of rotatable bonds is 5. The Morgan fingerprint density at radius 2 is 1.81 bits per heavy atom. The maximum atomic E-state index is 12.4. The minimum absolute atomic E-state index is 0.137. The number of sulfonamides is 1. The number of nitrogens with one attached hydrogen (secondary N) is 1. The molecule has 5 nitrogen and oxygen atoms in total. The van der Waals surface area contributed by atoms with E-state index in [4.69, 9.17) is 0 Å². The number of amides is 1. The SMILES string of the molecule is CN(C)C(=O)C(NS(=O)(=O)c1ccccc1)c1cccs1. The van der Waals surface area contributed by atoms with Crippen molar-refractivity contribution in [1.29, 1.82) is 0 Å². The van der Waals surface area contributed by atoms with E-state index in [-0.39, 0.29) is 10.8 Å². The highest BCUT2D eigenvalue weighted by Gasteiger charge is 2.28. The first-order chi connectivity index (χ1) is 9.92. The van der Waals surface area contributed by atoms with Crippen molar-refractivity contribution in [3.8, 4) is 0 Å². The molecule has 0 aliphatic heterocycles. The van der Waals surface area contributed by atoms with Crippen LogP contribution in [0.25, 0.3) is 0 Å². The minimum atomic E-state index is -3.75. The Bertz CT molecular complexity index is 695. The van der Waals surface area contributed by atoms with Crippen LogP contribution < -0.4 is 4.72 Å². The van der Waals surface area contributed by atoms with Gasteiger partial charge in [0.25, 0.3) is 0 Å². The molecule has 0 radical (unpaired) electrons. The first kappa shape index (κ1) is 15.7. The van der Waals surface area contributed by atoms with Crippen molar-refractivity contribution in [3.05, 3.63) is 52.7 Å². The second-order valence-electron chi connectivity index (χ2n) is 4.62. The fourth-order valence-corrected chi connectivity index (χ4v) is 3.80. The van der Waals surface area contributed by atoms with Crippen LogP contribution in [0.1, 0.15) is 10.9 Å². The number of nitrogens with zero attached hydrogens (tertiary/aromatic N) is 1. The number of hydrogen-bond donors (Lipinski definition) is 1. The molecule has 2 rings (SSSR count). The Labute approximate surface area is 128 Å². The van der Waals surface area contributed by atoms with E-state index in [2.05, 4.69) is 4.72 Å². The summed E-state index contributed by atoms with van der Waals surface area (Å²) in [6, 6.07) is 10.6. The third-order valence-electron chi connectivity index (χ3n) is 2.84. The summed E-state index contributed by atoms with van der Waals surface area (Å²) in [5.74, 6) is -0.308. The van der Waals surface area contributed by atoms with Gasteiger partial charge in [0.1, 0.15) is 6.04 Å². The van der Waals surface area contributed by atoms with Crippen LogP contribution in [0.2, 0.25) is 0 Å². The summed E-state index contributed by atoms with van der Waals surface area (Å²) in [6.45, 7) is 0.